The molecule has 0 bridgehead atoms. The van der Waals surface area contributed by atoms with Crippen LogP contribution in [-0.4, -0.2) is 30.3 Å². The minimum Gasteiger partial charge on any atom is -0.434 e. The van der Waals surface area contributed by atoms with E-state index in [1.165, 1.54) is 6.07 Å². The molecule has 0 heterocycles. The molecule has 0 aliphatic carbocycles. The van der Waals surface area contributed by atoms with E-state index in [1.807, 2.05) is 6.07 Å². The van der Waals surface area contributed by atoms with Crippen LogP contribution in [0.15, 0.2) is 36.4 Å². The number of carbonyl (C=O) groups excluding carboxylic acids is 1. The van der Waals surface area contributed by atoms with Gasteiger partial charge in [0, 0.05) is 12.6 Å². The summed E-state index contributed by atoms with van der Waals surface area (Å²) in [6.07, 6.45) is 1.15. The van der Waals surface area contributed by atoms with Crippen LogP contribution in [0.25, 0.3) is 10.8 Å². The average molecular weight is 323 g/mol. The molecular weight excluding hydrogens is 304 g/mol. The van der Waals surface area contributed by atoms with Crippen LogP contribution in [-0.2, 0) is 0 Å². The molecule has 0 fully saturated rings. The molecule has 0 aliphatic rings. The van der Waals surface area contributed by atoms with Gasteiger partial charge in [-0.05, 0) is 42.7 Å². The average Bonchev–Trinajstić information content (AvgIpc) is 2.51. The molecule has 23 heavy (non-hydrogen) atoms. The van der Waals surface area contributed by atoms with Crippen molar-refractivity contribution < 1.29 is 23.4 Å². The number of fused-ring (bicyclic) bond motifs is 1. The number of halogens is 2. The maximum absolute atomic E-state index is 12.6. The molecule has 4 nitrogen and oxygen atoms in total. The minimum atomic E-state index is -3.01. The largest absolute Gasteiger partial charge is 0.434 e. The summed E-state index contributed by atoms with van der Waals surface area (Å²) < 4.78 is 29.7. The number of hydrogen-bond acceptors (Lipinski definition) is 3. The Balaban J connectivity index is 2.30. The summed E-state index contributed by atoms with van der Waals surface area (Å²) in [5.41, 5.74) is 0.0693. The number of rotatable bonds is 7. The standard InChI is InChI=1S/C17H19F2NO3/c1-11(5-4-8-21)20-16(22)14-9-12-6-2-3-7-13(12)10-15(14)23-17(18)19/h2-3,6-7,9-11,17,21H,4-5,8H2,1H3,(H,20,22). The van der Waals surface area contributed by atoms with E-state index >= 15 is 0 Å². The molecule has 0 aliphatic heterocycles. The maximum Gasteiger partial charge on any atom is 0.387 e. The lowest BCUT2D eigenvalue weighted by Gasteiger charge is -2.16. The SMILES string of the molecule is CC(CCCO)NC(=O)c1cc2ccccc2cc1OC(F)F. The summed E-state index contributed by atoms with van der Waals surface area (Å²) in [6, 6.07) is 9.95. The van der Waals surface area contributed by atoms with Gasteiger partial charge in [-0.3, -0.25) is 4.79 Å². The van der Waals surface area contributed by atoms with Crippen molar-refractivity contribution in [2.75, 3.05) is 6.61 Å². The Morgan fingerprint density at radius 3 is 2.52 bits per heavy atom. The van der Waals surface area contributed by atoms with Crippen LogP contribution < -0.4 is 10.1 Å². The van der Waals surface area contributed by atoms with Crippen LogP contribution in [0, 0.1) is 0 Å². The third-order valence-electron chi connectivity index (χ3n) is 3.48. The first-order valence-corrected chi connectivity index (χ1v) is 7.40. The number of benzene rings is 2. The summed E-state index contributed by atoms with van der Waals surface area (Å²) >= 11 is 0. The zero-order valence-electron chi connectivity index (χ0n) is 12.8. The van der Waals surface area contributed by atoms with Gasteiger partial charge in [-0.25, -0.2) is 0 Å². The van der Waals surface area contributed by atoms with Gasteiger partial charge in [0.15, 0.2) is 0 Å². The summed E-state index contributed by atoms with van der Waals surface area (Å²) in [6.45, 7) is -1.17. The predicted molar refractivity (Wildman–Crippen MR) is 83.8 cm³/mol. The Bertz CT molecular complexity index is 676. The fourth-order valence-corrected chi connectivity index (χ4v) is 2.36. The van der Waals surface area contributed by atoms with Crippen LogP contribution in [0.1, 0.15) is 30.1 Å². The highest BCUT2D eigenvalue weighted by Gasteiger charge is 2.18. The molecule has 1 unspecified atom stereocenters. The molecular formula is C17H19F2NO3. The second-order valence-electron chi connectivity index (χ2n) is 5.31. The van der Waals surface area contributed by atoms with Crippen molar-refractivity contribution in [1.29, 1.82) is 0 Å². The van der Waals surface area contributed by atoms with E-state index in [-0.39, 0.29) is 24.0 Å². The van der Waals surface area contributed by atoms with Crippen LogP contribution in [0.2, 0.25) is 0 Å². The van der Waals surface area contributed by atoms with Crippen molar-refractivity contribution in [2.45, 2.75) is 32.4 Å². The van der Waals surface area contributed by atoms with Gasteiger partial charge in [-0.1, -0.05) is 24.3 Å². The number of amides is 1. The molecule has 2 aromatic rings. The van der Waals surface area contributed by atoms with Crippen molar-refractivity contribution in [3.05, 3.63) is 42.0 Å². The number of ether oxygens (including phenoxy) is 1. The molecule has 1 amide bonds. The van der Waals surface area contributed by atoms with E-state index in [9.17, 15) is 13.6 Å². The Kier molecular flexibility index (Phi) is 5.87. The Morgan fingerprint density at radius 2 is 1.91 bits per heavy atom. The van der Waals surface area contributed by atoms with E-state index in [0.717, 1.165) is 5.39 Å². The molecule has 2 aromatic carbocycles. The molecule has 0 spiro atoms. The number of carbonyl (C=O) groups is 1. The smallest absolute Gasteiger partial charge is 0.387 e. The van der Waals surface area contributed by atoms with E-state index < -0.39 is 12.5 Å². The lowest BCUT2D eigenvalue weighted by molar-refractivity contribution is -0.0500. The van der Waals surface area contributed by atoms with E-state index in [4.69, 9.17) is 5.11 Å². The number of nitrogens with one attached hydrogen (secondary N) is 1. The molecule has 0 aromatic heterocycles. The normalized spacial score (nSPS) is 12.4. The lowest BCUT2D eigenvalue weighted by Crippen LogP contribution is -2.33. The molecule has 0 radical (unpaired) electrons. The van der Waals surface area contributed by atoms with Gasteiger partial charge in [0.1, 0.15) is 5.75 Å². The third-order valence-corrected chi connectivity index (χ3v) is 3.48. The zero-order valence-corrected chi connectivity index (χ0v) is 12.8. The molecule has 0 saturated carbocycles. The van der Waals surface area contributed by atoms with Gasteiger partial charge in [0.25, 0.3) is 5.91 Å². The second-order valence-corrected chi connectivity index (χ2v) is 5.31. The fraction of sp³-hybridized carbons (Fsp3) is 0.353. The monoisotopic (exact) mass is 323 g/mol. The summed E-state index contributed by atoms with van der Waals surface area (Å²) in [4.78, 5) is 12.4. The number of aliphatic hydroxyl groups is 1. The molecule has 0 saturated heterocycles. The first-order chi connectivity index (χ1) is 11.0. The summed E-state index contributed by atoms with van der Waals surface area (Å²) in [7, 11) is 0. The Labute approximate surface area is 133 Å². The van der Waals surface area contributed by atoms with Gasteiger partial charge < -0.3 is 15.2 Å². The quantitative estimate of drug-likeness (QED) is 0.822. The fourth-order valence-electron chi connectivity index (χ4n) is 2.36. The molecule has 6 heteroatoms. The van der Waals surface area contributed by atoms with E-state index in [0.29, 0.717) is 18.2 Å². The van der Waals surface area contributed by atoms with Gasteiger partial charge in [-0.2, -0.15) is 8.78 Å². The van der Waals surface area contributed by atoms with Crippen molar-refractivity contribution in [1.82, 2.24) is 5.32 Å². The van der Waals surface area contributed by atoms with E-state index in [1.54, 1.807) is 31.2 Å². The van der Waals surface area contributed by atoms with Gasteiger partial charge in [0.2, 0.25) is 0 Å². The van der Waals surface area contributed by atoms with E-state index in [2.05, 4.69) is 10.1 Å². The molecule has 1 atom stereocenters. The zero-order chi connectivity index (χ0) is 16.8. The van der Waals surface area contributed by atoms with Crippen molar-refractivity contribution in [3.8, 4) is 5.75 Å². The molecule has 124 valence electrons. The van der Waals surface area contributed by atoms with Crippen LogP contribution in [0.4, 0.5) is 8.78 Å². The first-order valence-electron chi connectivity index (χ1n) is 7.40. The van der Waals surface area contributed by atoms with Crippen molar-refractivity contribution >= 4 is 16.7 Å². The van der Waals surface area contributed by atoms with Crippen LogP contribution in [0.5, 0.6) is 5.75 Å². The number of alkyl halides is 2. The molecule has 2 rings (SSSR count). The Hall–Kier alpha value is -2.21. The minimum absolute atomic E-state index is 0.0376. The maximum atomic E-state index is 12.6. The second kappa shape index (κ2) is 7.87. The number of hydrogen-bond donors (Lipinski definition) is 2. The summed E-state index contributed by atoms with van der Waals surface area (Å²) in [5, 5.41) is 13.0. The van der Waals surface area contributed by atoms with Crippen molar-refractivity contribution in [2.24, 2.45) is 0 Å². The van der Waals surface area contributed by atoms with Gasteiger partial charge in [-0.15, -0.1) is 0 Å². The van der Waals surface area contributed by atoms with Gasteiger partial charge >= 0.3 is 6.61 Å². The highest BCUT2D eigenvalue weighted by Crippen LogP contribution is 2.27. The van der Waals surface area contributed by atoms with Gasteiger partial charge in [0.05, 0.1) is 5.56 Å². The first kappa shape index (κ1) is 17.1. The summed E-state index contributed by atoms with van der Waals surface area (Å²) in [5.74, 6) is -0.623. The highest BCUT2D eigenvalue weighted by molar-refractivity contribution is 6.01. The third kappa shape index (κ3) is 4.63. The predicted octanol–water partition coefficient (Wildman–Crippen LogP) is 3.33. The molecule has 2 N–H and O–H groups in total. The van der Waals surface area contributed by atoms with Crippen LogP contribution >= 0.6 is 0 Å². The topological polar surface area (TPSA) is 58.6 Å². The van der Waals surface area contributed by atoms with Crippen LogP contribution in [0.3, 0.4) is 0 Å². The Morgan fingerprint density at radius 1 is 1.26 bits per heavy atom. The highest BCUT2D eigenvalue weighted by atomic mass is 19.3. The lowest BCUT2D eigenvalue weighted by atomic mass is 10.0. The van der Waals surface area contributed by atoms with Crippen molar-refractivity contribution in [3.63, 3.8) is 0 Å². The number of aliphatic hydroxyl groups excluding tert-OH is 1.